The summed E-state index contributed by atoms with van der Waals surface area (Å²) in [7, 11) is 0. The molecule has 3 aromatic rings. The molecule has 1 aliphatic heterocycles. The summed E-state index contributed by atoms with van der Waals surface area (Å²) >= 11 is 0. The molecule has 0 saturated carbocycles. The first-order valence-corrected chi connectivity index (χ1v) is 10.3. The van der Waals surface area contributed by atoms with Gasteiger partial charge in [-0.2, -0.15) is 0 Å². The summed E-state index contributed by atoms with van der Waals surface area (Å²) in [4.78, 5) is 32.5. The summed E-state index contributed by atoms with van der Waals surface area (Å²) in [6.45, 7) is 3.95. The van der Waals surface area contributed by atoms with Gasteiger partial charge in [0.15, 0.2) is 0 Å². The van der Waals surface area contributed by atoms with Gasteiger partial charge in [0, 0.05) is 31.7 Å². The molecule has 4 rings (SSSR count). The normalized spacial score (nSPS) is 13.7. The first-order valence-electron chi connectivity index (χ1n) is 10.3. The quantitative estimate of drug-likeness (QED) is 0.635. The lowest BCUT2D eigenvalue weighted by molar-refractivity contribution is 0.0696. The summed E-state index contributed by atoms with van der Waals surface area (Å²) in [5.74, 6) is -1.41. The van der Waals surface area contributed by atoms with E-state index in [0.29, 0.717) is 48.9 Å². The highest BCUT2D eigenvalue weighted by atomic mass is 19.1. The molecule has 0 radical (unpaired) electrons. The molecule has 0 unspecified atom stereocenters. The van der Waals surface area contributed by atoms with Crippen LogP contribution in [0.25, 0.3) is 0 Å². The minimum atomic E-state index is -1.13. The lowest BCUT2D eigenvalue weighted by Gasteiger charge is -2.37. The van der Waals surface area contributed by atoms with Crippen LogP contribution >= 0.6 is 0 Å². The second-order valence-electron chi connectivity index (χ2n) is 7.65. The predicted octanol–water partition coefficient (Wildman–Crippen LogP) is 3.81. The number of benzene rings is 2. The van der Waals surface area contributed by atoms with E-state index in [-0.39, 0.29) is 17.3 Å². The second-order valence-corrected chi connectivity index (χ2v) is 7.65. The number of piperazine rings is 1. The molecule has 1 aliphatic rings. The molecular weight excluding hydrogens is 411 g/mol. The largest absolute Gasteiger partial charge is 0.478 e. The Balaban J connectivity index is 1.50. The highest BCUT2D eigenvalue weighted by molar-refractivity contribution is 6.05. The summed E-state index contributed by atoms with van der Waals surface area (Å²) in [6, 6.07) is 15.1. The Kier molecular flexibility index (Phi) is 6.02. The minimum absolute atomic E-state index is 0.00591. The smallest absolute Gasteiger partial charge is 0.339 e. The fourth-order valence-corrected chi connectivity index (χ4v) is 3.79. The lowest BCUT2D eigenvalue weighted by Crippen LogP contribution is -2.47. The lowest BCUT2D eigenvalue weighted by atomic mass is 10.1. The first kappa shape index (κ1) is 21.3. The van der Waals surface area contributed by atoms with Gasteiger partial charge in [-0.3, -0.25) is 4.79 Å². The number of carbonyl (C=O) groups excluding carboxylic acids is 1. The molecular formula is C24H23FN4O3. The number of para-hydroxylation sites is 1. The number of pyridine rings is 1. The summed E-state index contributed by atoms with van der Waals surface area (Å²) in [5, 5.41) is 12.4. The Bertz CT molecular complexity index is 1160. The van der Waals surface area contributed by atoms with Crippen molar-refractivity contribution in [3.8, 4) is 0 Å². The number of anilines is 3. The Morgan fingerprint density at radius 1 is 1.00 bits per heavy atom. The summed E-state index contributed by atoms with van der Waals surface area (Å²) < 4.78 is 14.1. The van der Waals surface area contributed by atoms with Crippen molar-refractivity contribution in [1.29, 1.82) is 0 Å². The molecule has 1 saturated heterocycles. The second kappa shape index (κ2) is 9.05. The third-order valence-corrected chi connectivity index (χ3v) is 5.41. The highest BCUT2D eigenvalue weighted by Crippen LogP contribution is 2.26. The first-order chi connectivity index (χ1) is 15.4. The maximum absolute atomic E-state index is 14.1. The number of carboxylic acids is 1. The van der Waals surface area contributed by atoms with Crippen LogP contribution in [0.1, 0.15) is 26.3 Å². The van der Waals surface area contributed by atoms with Gasteiger partial charge in [-0.15, -0.1) is 0 Å². The maximum atomic E-state index is 14.1. The Labute approximate surface area is 185 Å². The van der Waals surface area contributed by atoms with Crippen molar-refractivity contribution in [2.75, 3.05) is 41.3 Å². The molecule has 0 spiro atoms. The average molecular weight is 434 g/mol. The zero-order valence-electron chi connectivity index (χ0n) is 17.6. The Morgan fingerprint density at radius 3 is 2.41 bits per heavy atom. The monoisotopic (exact) mass is 434 g/mol. The van der Waals surface area contributed by atoms with E-state index in [4.69, 9.17) is 0 Å². The topological polar surface area (TPSA) is 85.8 Å². The van der Waals surface area contributed by atoms with E-state index in [9.17, 15) is 19.1 Å². The molecule has 8 heteroatoms. The molecule has 0 bridgehead atoms. The van der Waals surface area contributed by atoms with E-state index in [1.807, 2.05) is 22.8 Å². The molecule has 2 aromatic carbocycles. The van der Waals surface area contributed by atoms with Crippen molar-refractivity contribution in [3.05, 3.63) is 83.3 Å². The average Bonchev–Trinajstić information content (AvgIpc) is 2.79. The van der Waals surface area contributed by atoms with E-state index in [0.717, 1.165) is 5.56 Å². The number of nitrogens with one attached hydrogen (secondary N) is 1. The van der Waals surface area contributed by atoms with E-state index in [2.05, 4.69) is 10.3 Å². The van der Waals surface area contributed by atoms with E-state index < -0.39 is 5.97 Å². The molecule has 0 atom stereocenters. The molecule has 164 valence electrons. The molecule has 2 N–H and O–H groups in total. The van der Waals surface area contributed by atoms with Gasteiger partial charge in [-0.25, -0.2) is 14.2 Å². The summed E-state index contributed by atoms with van der Waals surface area (Å²) in [6.07, 6.45) is 1.46. The van der Waals surface area contributed by atoms with Gasteiger partial charge in [0.05, 0.1) is 17.6 Å². The van der Waals surface area contributed by atoms with Crippen LogP contribution in [0, 0.1) is 12.7 Å². The number of hydrogen-bond donors (Lipinski definition) is 2. The van der Waals surface area contributed by atoms with Crippen molar-refractivity contribution < 1.29 is 19.1 Å². The fourth-order valence-electron chi connectivity index (χ4n) is 3.79. The number of carbonyl (C=O) groups is 2. The van der Waals surface area contributed by atoms with Crippen molar-refractivity contribution >= 4 is 29.1 Å². The van der Waals surface area contributed by atoms with Crippen molar-refractivity contribution in [2.24, 2.45) is 0 Å². The third kappa shape index (κ3) is 4.54. The van der Waals surface area contributed by atoms with Crippen LogP contribution < -0.4 is 15.1 Å². The number of hydrogen-bond acceptors (Lipinski definition) is 5. The van der Waals surface area contributed by atoms with Crippen LogP contribution in [0.2, 0.25) is 0 Å². The predicted molar refractivity (Wildman–Crippen MR) is 121 cm³/mol. The number of halogens is 1. The van der Waals surface area contributed by atoms with Gasteiger partial charge < -0.3 is 20.2 Å². The van der Waals surface area contributed by atoms with Gasteiger partial charge in [0.2, 0.25) is 0 Å². The van der Waals surface area contributed by atoms with Gasteiger partial charge in [-0.05, 0) is 37.3 Å². The molecule has 7 nitrogen and oxygen atoms in total. The van der Waals surface area contributed by atoms with Crippen LogP contribution in [-0.4, -0.2) is 48.1 Å². The number of carboxylic acid groups (broad SMARTS) is 1. The van der Waals surface area contributed by atoms with Crippen LogP contribution in [0.5, 0.6) is 0 Å². The van der Waals surface area contributed by atoms with Crippen molar-refractivity contribution in [2.45, 2.75) is 6.92 Å². The molecule has 32 heavy (non-hydrogen) atoms. The Hall–Kier alpha value is -3.94. The number of rotatable bonds is 5. The maximum Gasteiger partial charge on any atom is 0.339 e. The van der Waals surface area contributed by atoms with Crippen LogP contribution in [-0.2, 0) is 0 Å². The molecule has 1 fully saturated rings. The number of nitrogens with zero attached hydrogens (tertiary/aromatic N) is 3. The van der Waals surface area contributed by atoms with Crippen LogP contribution in [0.4, 0.5) is 21.6 Å². The molecule has 2 heterocycles. The molecule has 1 amide bonds. The van der Waals surface area contributed by atoms with Gasteiger partial charge in [0.1, 0.15) is 17.2 Å². The highest BCUT2D eigenvalue weighted by Gasteiger charge is 2.24. The van der Waals surface area contributed by atoms with Gasteiger partial charge >= 0.3 is 5.97 Å². The third-order valence-electron chi connectivity index (χ3n) is 5.41. The number of aromatic carboxylic acids is 1. The number of aromatic nitrogens is 1. The summed E-state index contributed by atoms with van der Waals surface area (Å²) in [5.41, 5.74) is 2.28. The molecule has 1 aromatic heterocycles. The van der Waals surface area contributed by atoms with E-state index in [1.165, 1.54) is 18.3 Å². The minimum Gasteiger partial charge on any atom is -0.478 e. The standard InChI is InChI=1S/C24H23FN4O3/c1-16-5-4-6-17(13-16)23(30)27-18-14-19(24(31)32)22(26-15-18)29-11-9-28(10-12-29)21-8-3-2-7-20(21)25/h2-8,13-15H,9-12H2,1H3,(H,27,30)(H,31,32). The van der Waals surface area contributed by atoms with Crippen LogP contribution in [0.15, 0.2) is 60.8 Å². The van der Waals surface area contributed by atoms with E-state index in [1.54, 1.807) is 36.4 Å². The number of amides is 1. The van der Waals surface area contributed by atoms with Crippen molar-refractivity contribution in [1.82, 2.24) is 4.98 Å². The SMILES string of the molecule is Cc1cccc(C(=O)Nc2cnc(N3CCN(c4ccccc4F)CC3)c(C(=O)O)c2)c1. The van der Waals surface area contributed by atoms with Gasteiger partial charge in [-0.1, -0.05) is 29.8 Å². The number of aryl methyl sites for hydroxylation is 1. The molecule has 0 aliphatic carbocycles. The van der Waals surface area contributed by atoms with Crippen LogP contribution in [0.3, 0.4) is 0 Å². The van der Waals surface area contributed by atoms with Crippen molar-refractivity contribution in [3.63, 3.8) is 0 Å². The van der Waals surface area contributed by atoms with Gasteiger partial charge in [0.25, 0.3) is 5.91 Å². The van der Waals surface area contributed by atoms with E-state index >= 15 is 0 Å². The zero-order valence-corrected chi connectivity index (χ0v) is 17.6. The Morgan fingerprint density at radius 2 is 1.72 bits per heavy atom. The zero-order chi connectivity index (χ0) is 22.7. The fraction of sp³-hybridized carbons (Fsp3) is 0.208.